The summed E-state index contributed by atoms with van der Waals surface area (Å²) in [7, 11) is -4.12. The SMILES string of the molecule is Cl.NS(=O)(=O)c1cc(C(=O)NCCCC[C@H](N[C@@H](CCc2ccccc2)C(=O)O)C(=O)N2CCC[C@H]2C(=O)O)ccc1Cl. The summed E-state index contributed by atoms with van der Waals surface area (Å²) in [6.45, 7) is 0.457. The number of benzene rings is 2. The summed E-state index contributed by atoms with van der Waals surface area (Å²) in [5.74, 6) is -3.23. The van der Waals surface area contributed by atoms with Crippen LogP contribution in [0.4, 0.5) is 0 Å². The van der Waals surface area contributed by atoms with Gasteiger partial charge in [-0.05, 0) is 68.7 Å². The highest BCUT2D eigenvalue weighted by molar-refractivity contribution is 7.89. The molecular weight excluding hydrogens is 623 g/mol. The van der Waals surface area contributed by atoms with Gasteiger partial charge in [0.15, 0.2) is 0 Å². The van der Waals surface area contributed by atoms with E-state index in [9.17, 15) is 37.8 Å². The number of sulfonamides is 1. The van der Waals surface area contributed by atoms with Crippen LogP contribution >= 0.6 is 24.0 Å². The van der Waals surface area contributed by atoms with Crippen molar-refractivity contribution in [1.29, 1.82) is 0 Å². The second-order valence-electron chi connectivity index (χ2n) is 10.1. The van der Waals surface area contributed by atoms with Crippen LogP contribution in [-0.2, 0) is 30.8 Å². The lowest BCUT2D eigenvalue weighted by atomic mass is 10.0. The predicted molar refractivity (Wildman–Crippen MR) is 162 cm³/mol. The van der Waals surface area contributed by atoms with Crippen LogP contribution in [0.5, 0.6) is 0 Å². The molecule has 236 valence electrons. The molecule has 1 saturated heterocycles. The van der Waals surface area contributed by atoms with Crippen LogP contribution in [0.1, 0.15) is 54.4 Å². The van der Waals surface area contributed by atoms with Gasteiger partial charge in [0.1, 0.15) is 17.0 Å². The molecule has 2 aromatic rings. The Labute approximate surface area is 261 Å². The van der Waals surface area contributed by atoms with Crippen LogP contribution in [0, 0.1) is 0 Å². The molecule has 1 heterocycles. The molecule has 0 unspecified atom stereocenters. The van der Waals surface area contributed by atoms with E-state index < -0.39 is 51.9 Å². The number of amides is 2. The maximum atomic E-state index is 13.5. The number of carboxylic acids is 2. The Hall–Kier alpha value is -3.23. The van der Waals surface area contributed by atoms with Crippen molar-refractivity contribution in [2.45, 2.75) is 68.0 Å². The number of halogens is 2. The zero-order chi connectivity index (χ0) is 30.9. The highest BCUT2D eigenvalue weighted by atomic mass is 35.5. The van der Waals surface area contributed by atoms with Crippen molar-refractivity contribution < 1.29 is 37.8 Å². The number of hydrogen-bond donors (Lipinski definition) is 5. The molecule has 0 aromatic heterocycles. The van der Waals surface area contributed by atoms with Gasteiger partial charge in [0.25, 0.3) is 5.91 Å². The summed E-state index contributed by atoms with van der Waals surface area (Å²) in [6.07, 6.45) is 2.59. The Morgan fingerprint density at radius 2 is 1.72 bits per heavy atom. The molecule has 0 aliphatic carbocycles. The lowest BCUT2D eigenvalue weighted by Crippen LogP contribution is -2.54. The van der Waals surface area contributed by atoms with Gasteiger partial charge in [0, 0.05) is 18.7 Å². The van der Waals surface area contributed by atoms with E-state index in [0.717, 1.165) is 11.6 Å². The lowest BCUT2D eigenvalue weighted by Gasteiger charge is -2.29. The Bertz CT molecular complexity index is 1390. The predicted octanol–water partition coefficient (Wildman–Crippen LogP) is 2.43. The summed E-state index contributed by atoms with van der Waals surface area (Å²) >= 11 is 5.87. The van der Waals surface area contributed by atoms with Crippen LogP contribution in [0.25, 0.3) is 0 Å². The van der Waals surface area contributed by atoms with E-state index in [0.29, 0.717) is 32.1 Å². The van der Waals surface area contributed by atoms with E-state index in [1.807, 2.05) is 30.3 Å². The number of rotatable bonds is 15. The zero-order valence-corrected chi connectivity index (χ0v) is 25.7. The van der Waals surface area contributed by atoms with Gasteiger partial charge in [-0.15, -0.1) is 12.4 Å². The average Bonchev–Trinajstić information content (AvgIpc) is 3.44. The van der Waals surface area contributed by atoms with Gasteiger partial charge in [0.05, 0.1) is 11.1 Å². The minimum Gasteiger partial charge on any atom is -0.480 e. The molecular formula is C28H36Cl2N4O8S. The summed E-state index contributed by atoms with van der Waals surface area (Å²) in [5.41, 5.74) is 1.00. The highest BCUT2D eigenvalue weighted by Crippen LogP contribution is 2.22. The number of aliphatic carboxylic acids is 2. The summed E-state index contributed by atoms with van der Waals surface area (Å²) in [5, 5.41) is 30.1. The Kier molecular flexibility index (Phi) is 13.9. The van der Waals surface area contributed by atoms with Gasteiger partial charge in [-0.1, -0.05) is 41.9 Å². The average molecular weight is 660 g/mol. The minimum atomic E-state index is -4.12. The molecule has 3 rings (SSSR count). The molecule has 1 fully saturated rings. The topological polar surface area (TPSA) is 196 Å². The minimum absolute atomic E-state index is 0. The molecule has 3 atom stereocenters. The molecule has 6 N–H and O–H groups in total. The molecule has 15 heteroatoms. The number of carboxylic acid groups (broad SMARTS) is 2. The van der Waals surface area contributed by atoms with Crippen molar-refractivity contribution in [3.05, 3.63) is 64.7 Å². The van der Waals surface area contributed by atoms with Gasteiger partial charge in [0.2, 0.25) is 15.9 Å². The molecule has 43 heavy (non-hydrogen) atoms. The van der Waals surface area contributed by atoms with E-state index in [4.69, 9.17) is 16.7 Å². The molecule has 2 amide bonds. The number of carbonyl (C=O) groups is 4. The molecule has 1 aliphatic rings. The number of nitrogens with one attached hydrogen (secondary N) is 2. The smallest absolute Gasteiger partial charge is 0.326 e. The maximum absolute atomic E-state index is 13.5. The fourth-order valence-electron chi connectivity index (χ4n) is 4.88. The highest BCUT2D eigenvalue weighted by Gasteiger charge is 2.38. The van der Waals surface area contributed by atoms with Gasteiger partial charge in [-0.2, -0.15) is 0 Å². The summed E-state index contributed by atoms with van der Waals surface area (Å²) < 4.78 is 23.4. The van der Waals surface area contributed by atoms with E-state index in [1.54, 1.807) is 0 Å². The van der Waals surface area contributed by atoms with Gasteiger partial charge < -0.3 is 20.4 Å². The number of nitrogens with two attached hydrogens (primary N) is 1. The van der Waals surface area contributed by atoms with E-state index in [-0.39, 0.29) is 53.8 Å². The molecule has 1 aliphatic heterocycles. The first kappa shape index (κ1) is 36.0. The third-order valence-electron chi connectivity index (χ3n) is 7.09. The zero-order valence-electron chi connectivity index (χ0n) is 23.3. The molecule has 0 spiro atoms. The van der Waals surface area contributed by atoms with Crippen LogP contribution in [0.15, 0.2) is 53.4 Å². The fourth-order valence-corrected chi connectivity index (χ4v) is 5.95. The third kappa shape index (κ3) is 10.5. The molecule has 0 bridgehead atoms. The monoisotopic (exact) mass is 658 g/mol. The number of primary sulfonamides is 1. The number of aryl methyl sites for hydroxylation is 1. The van der Waals surface area contributed by atoms with Gasteiger partial charge in [-0.3, -0.25) is 19.7 Å². The van der Waals surface area contributed by atoms with Crippen LogP contribution in [-0.4, -0.2) is 78.5 Å². The summed E-state index contributed by atoms with van der Waals surface area (Å²) in [6, 6.07) is 10.1. The number of hydrogen-bond acceptors (Lipinski definition) is 7. The van der Waals surface area contributed by atoms with Crippen molar-refractivity contribution in [2.24, 2.45) is 5.14 Å². The van der Waals surface area contributed by atoms with Crippen LogP contribution in [0.3, 0.4) is 0 Å². The number of nitrogens with zero attached hydrogens (tertiary/aromatic N) is 1. The van der Waals surface area contributed by atoms with Gasteiger partial charge in [-0.25, -0.2) is 18.4 Å². The molecule has 0 saturated carbocycles. The Balaban J connectivity index is 0.00000645. The van der Waals surface area contributed by atoms with Crippen molar-refractivity contribution in [3.63, 3.8) is 0 Å². The number of likely N-dealkylation sites (tertiary alicyclic amines) is 1. The third-order valence-corrected chi connectivity index (χ3v) is 8.48. The second kappa shape index (κ2) is 16.6. The number of unbranched alkanes of at least 4 members (excludes halogenated alkanes) is 1. The molecule has 0 radical (unpaired) electrons. The van der Waals surface area contributed by atoms with E-state index in [1.165, 1.54) is 17.0 Å². The van der Waals surface area contributed by atoms with Crippen molar-refractivity contribution in [1.82, 2.24) is 15.5 Å². The first-order chi connectivity index (χ1) is 19.9. The van der Waals surface area contributed by atoms with Crippen LogP contribution in [0.2, 0.25) is 5.02 Å². The van der Waals surface area contributed by atoms with Crippen LogP contribution < -0.4 is 15.8 Å². The normalized spacial score (nSPS) is 16.1. The fraction of sp³-hybridized carbons (Fsp3) is 0.429. The standard InChI is InChI=1S/C28H35ClN4O8S.ClH/c29-20-13-12-19(17-24(20)42(30,40)41)25(34)31-15-5-4-9-21(26(35)33-16-6-10-23(33)28(38)39)32-22(27(36)37)14-11-18-7-2-1-3-8-18;/h1-3,7-8,12-13,17,21-23,32H,4-6,9-11,14-16H2,(H,31,34)(H,36,37)(H,38,39)(H2,30,40,41);1H/t21-,22-,23-;/m0./s1. The first-order valence-electron chi connectivity index (χ1n) is 13.5. The largest absolute Gasteiger partial charge is 0.480 e. The van der Waals surface area contributed by atoms with Crippen molar-refractivity contribution in [2.75, 3.05) is 13.1 Å². The quantitative estimate of drug-likeness (QED) is 0.178. The van der Waals surface area contributed by atoms with Crippen molar-refractivity contribution in [3.8, 4) is 0 Å². The second-order valence-corrected chi connectivity index (χ2v) is 12.0. The maximum Gasteiger partial charge on any atom is 0.326 e. The lowest BCUT2D eigenvalue weighted by molar-refractivity contribution is -0.149. The Morgan fingerprint density at radius 3 is 2.35 bits per heavy atom. The first-order valence-corrected chi connectivity index (χ1v) is 15.5. The molecule has 2 aromatic carbocycles. The van der Waals surface area contributed by atoms with Crippen molar-refractivity contribution >= 4 is 57.8 Å². The van der Waals surface area contributed by atoms with E-state index in [2.05, 4.69) is 10.6 Å². The molecule has 12 nitrogen and oxygen atoms in total. The number of carbonyl (C=O) groups excluding carboxylic acids is 2. The van der Waals surface area contributed by atoms with Gasteiger partial charge >= 0.3 is 11.9 Å². The van der Waals surface area contributed by atoms with E-state index >= 15 is 0 Å². The Morgan fingerprint density at radius 1 is 1.02 bits per heavy atom. The summed E-state index contributed by atoms with van der Waals surface area (Å²) in [4.78, 5) is 50.7.